The summed E-state index contributed by atoms with van der Waals surface area (Å²) in [5.41, 5.74) is -0.490. The molecule has 1 aliphatic rings. The number of nitrogens with one attached hydrogen (secondary N) is 1. The molecule has 2 N–H and O–H groups in total. The van der Waals surface area contributed by atoms with Gasteiger partial charge in [-0.05, 0) is 37.6 Å². The van der Waals surface area contributed by atoms with Crippen LogP contribution in [0.4, 0.5) is 10.5 Å². The molecule has 0 bridgehead atoms. The molecule has 1 aliphatic heterocycles. The van der Waals surface area contributed by atoms with Gasteiger partial charge in [-0.25, -0.2) is 13.2 Å². The van der Waals surface area contributed by atoms with E-state index in [9.17, 15) is 23.1 Å². The van der Waals surface area contributed by atoms with Crippen molar-refractivity contribution in [1.29, 1.82) is 0 Å². The number of carboxylic acid groups (broad SMARTS) is 1. The van der Waals surface area contributed by atoms with Crippen LogP contribution in [0.2, 0.25) is 0 Å². The summed E-state index contributed by atoms with van der Waals surface area (Å²) < 4.78 is 28.9. The maximum Gasteiger partial charge on any atom is 0.321 e. The van der Waals surface area contributed by atoms with Gasteiger partial charge < -0.3 is 20.1 Å². The third-order valence-electron chi connectivity index (χ3n) is 4.30. The van der Waals surface area contributed by atoms with E-state index < -0.39 is 27.3 Å². The number of rotatable bonds is 6. The molecule has 1 aromatic carbocycles. The molecule has 1 fully saturated rings. The lowest BCUT2D eigenvalue weighted by atomic mass is 9.90. The minimum absolute atomic E-state index is 0.109. The van der Waals surface area contributed by atoms with Gasteiger partial charge in [-0.2, -0.15) is 0 Å². The number of amides is 2. The molecule has 25 heavy (non-hydrogen) atoms. The minimum Gasteiger partial charge on any atom is -0.481 e. The minimum atomic E-state index is -3.42. The molecule has 0 saturated carbocycles. The second-order valence-electron chi connectivity index (χ2n) is 6.30. The Morgan fingerprint density at radius 2 is 1.96 bits per heavy atom. The van der Waals surface area contributed by atoms with Crippen LogP contribution in [-0.2, 0) is 19.4 Å². The van der Waals surface area contributed by atoms with E-state index in [4.69, 9.17) is 4.74 Å². The van der Waals surface area contributed by atoms with Crippen LogP contribution in [0.25, 0.3) is 0 Å². The molecule has 0 aliphatic carbocycles. The van der Waals surface area contributed by atoms with Crippen LogP contribution in [0.1, 0.15) is 13.3 Å². The van der Waals surface area contributed by atoms with Gasteiger partial charge in [-0.15, -0.1) is 0 Å². The molecule has 9 heteroatoms. The first-order chi connectivity index (χ1) is 11.7. The highest BCUT2D eigenvalue weighted by Crippen LogP contribution is 2.30. The summed E-state index contributed by atoms with van der Waals surface area (Å²) in [6.07, 6.45) is 0.395. The zero-order chi connectivity index (χ0) is 18.7. The van der Waals surface area contributed by atoms with Crippen molar-refractivity contribution in [2.24, 2.45) is 5.41 Å². The van der Waals surface area contributed by atoms with Crippen LogP contribution in [0.3, 0.4) is 0 Å². The average molecular weight is 370 g/mol. The van der Waals surface area contributed by atoms with Gasteiger partial charge in [-0.3, -0.25) is 4.79 Å². The molecule has 0 radical (unpaired) electrons. The number of carboxylic acids is 1. The molecular formula is C16H22N2O6S. The monoisotopic (exact) mass is 370 g/mol. The Kier molecular flexibility index (Phi) is 5.69. The van der Waals surface area contributed by atoms with E-state index in [1.807, 2.05) is 0 Å². The second kappa shape index (κ2) is 7.40. The lowest BCUT2D eigenvalue weighted by Gasteiger charge is -2.20. The molecule has 1 aromatic rings. The summed E-state index contributed by atoms with van der Waals surface area (Å²) in [5.74, 6) is -1.04. The Morgan fingerprint density at radius 1 is 1.32 bits per heavy atom. The van der Waals surface area contributed by atoms with Crippen LogP contribution >= 0.6 is 0 Å². The predicted molar refractivity (Wildman–Crippen MR) is 91.3 cm³/mol. The van der Waals surface area contributed by atoms with Crippen molar-refractivity contribution >= 4 is 27.5 Å². The van der Waals surface area contributed by atoms with Gasteiger partial charge in [-0.1, -0.05) is 0 Å². The van der Waals surface area contributed by atoms with Gasteiger partial charge in [0.2, 0.25) is 0 Å². The highest BCUT2D eigenvalue weighted by molar-refractivity contribution is 7.91. The van der Waals surface area contributed by atoms with E-state index in [-0.39, 0.29) is 23.8 Å². The zero-order valence-electron chi connectivity index (χ0n) is 14.2. The fourth-order valence-corrected chi connectivity index (χ4v) is 3.74. The van der Waals surface area contributed by atoms with Crippen LogP contribution in [0.15, 0.2) is 29.2 Å². The SMILES string of the molecule is COCCS(=O)(=O)c1ccc(NC(=O)N2CCC(C)(C(=O)O)C2)cc1. The molecule has 0 aromatic heterocycles. The van der Waals surface area contributed by atoms with Gasteiger partial charge in [0.1, 0.15) is 0 Å². The van der Waals surface area contributed by atoms with Crippen LogP contribution in [0, 0.1) is 5.41 Å². The lowest BCUT2D eigenvalue weighted by molar-refractivity contribution is -0.146. The van der Waals surface area contributed by atoms with Crippen LogP contribution in [-0.4, -0.2) is 63.0 Å². The molecule has 1 heterocycles. The van der Waals surface area contributed by atoms with Crippen molar-refractivity contribution in [2.75, 3.05) is 37.9 Å². The summed E-state index contributed by atoms with van der Waals surface area (Å²) in [6, 6.07) is 5.45. The Hall–Kier alpha value is -2.13. The fraction of sp³-hybridized carbons (Fsp3) is 0.500. The van der Waals surface area contributed by atoms with E-state index in [0.717, 1.165) is 0 Å². The average Bonchev–Trinajstić information content (AvgIpc) is 2.97. The number of sulfone groups is 1. The zero-order valence-corrected chi connectivity index (χ0v) is 15.0. The lowest BCUT2D eigenvalue weighted by Crippen LogP contribution is -2.37. The first-order valence-electron chi connectivity index (χ1n) is 7.79. The molecule has 1 atom stereocenters. The molecule has 138 valence electrons. The van der Waals surface area contributed by atoms with Crippen molar-refractivity contribution in [1.82, 2.24) is 4.90 Å². The number of hydrogen-bond acceptors (Lipinski definition) is 5. The number of aliphatic carboxylic acids is 1. The van der Waals surface area contributed by atoms with E-state index in [0.29, 0.717) is 18.7 Å². The standard InChI is InChI=1S/C16H22N2O6S/c1-16(14(19)20)7-8-18(11-16)15(21)17-12-3-5-13(6-4-12)25(22,23)10-9-24-2/h3-6H,7-11H2,1-2H3,(H,17,21)(H,19,20). The summed E-state index contributed by atoms with van der Waals surface area (Å²) >= 11 is 0. The fourth-order valence-electron chi connectivity index (χ4n) is 2.57. The predicted octanol–water partition coefficient (Wildman–Crippen LogP) is 1.44. The largest absolute Gasteiger partial charge is 0.481 e. The van der Waals surface area contributed by atoms with Gasteiger partial charge in [0, 0.05) is 25.9 Å². The van der Waals surface area contributed by atoms with Crippen molar-refractivity contribution in [3.63, 3.8) is 0 Å². The third kappa shape index (κ3) is 4.49. The Balaban J connectivity index is 2.00. The molecule has 2 rings (SSSR count). The smallest absolute Gasteiger partial charge is 0.321 e. The number of nitrogens with zero attached hydrogens (tertiary/aromatic N) is 1. The third-order valence-corrected chi connectivity index (χ3v) is 5.99. The summed E-state index contributed by atoms with van der Waals surface area (Å²) in [6.45, 7) is 2.22. The maximum absolute atomic E-state index is 12.2. The van der Waals surface area contributed by atoms with Gasteiger partial charge >= 0.3 is 12.0 Å². The Labute approximate surface area is 146 Å². The number of hydrogen-bond donors (Lipinski definition) is 2. The Bertz CT molecular complexity index is 746. The molecule has 2 amide bonds. The van der Waals surface area contributed by atoms with E-state index in [2.05, 4.69) is 5.32 Å². The normalized spacial score (nSPS) is 20.5. The summed E-state index contributed by atoms with van der Waals surface area (Å²) in [5, 5.41) is 11.9. The molecule has 0 spiro atoms. The first kappa shape index (κ1) is 19.2. The van der Waals surface area contributed by atoms with E-state index in [1.54, 1.807) is 6.92 Å². The van der Waals surface area contributed by atoms with Crippen LogP contribution in [0.5, 0.6) is 0 Å². The number of likely N-dealkylation sites (tertiary alicyclic amines) is 1. The summed E-state index contributed by atoms with van der Waals surface area (Å²) in [7, 11) is -1.99. The van der Waals surface area contributed by atoms with E-state index >= 15 is 0 Å². The van der Waals surface area contributed by atoms with Crippen molar-refractivity contribution in [3.8, 4) is 0 Å². The van der Waals surface area contributed by atoms with Gasteiger partial charge in [0.25, 0.3) is 0 Å². The van der Waals surface area contributed by atoms with Crippen molar-refractivity contribution in [3.05, 3.63) is 24.3 Å². The molecule has 8 nitrogen and oxygen atoms in total. The number of benzene rings is 1. The number of ether oxygens (including phenoxy) is 1. The topological polar surface area (TPSA) is 113 Å². The number of carbonyl (C=O) groups excluding carboxylic acids is 1. The molecule has 1 saturated heterocycles. The second-order valence-corrected chi connectivity index (χ2v) is 8.41. The quantitative estimate of drug-likeness (QED) is 0.783. The highest BCUT2D eigenvalue weighted by Gasteiger charge is 2.42. The Morgan fingerprint density at radius 3 is 2.48 bits per heavy atom. The first-order valence-corrected chi connectivity index (χ1v) is 9.44. The molecular weight excluding hydrogens is 348 g/mol. The van der Waals surface area contributed by atoms with Crippen molar-refractivity contribution in [2.45, 2.75) is 18.2 Å². The number of anilines is 1. The number of urea groups is 1. The van der Waals surface area contributed by atoms with Gasteiger partial charge in [0.05, 0.1) is 22.7 Å². The number of methoxy groups -OCH3 is 1. The van der Waals surface area contributed by atoms with Gasteiger partial charge in [0.15, 0.2) is 9.84 Å². The van der Waals surface area contributed by atoms with Crippen molar-refractivity contribution < 1.29 is 27.9 Å². The van der Waals surface area contributed by atoms with E-state index in [1.165, 1.54) is 36.3 Å². The highest BCUT2D eigenvalue weighted by atomic mass is 32.2. The number of carbonyl (C=O) groups is 2. The maximum atomic E-state index is 12.2. The van der Waals surface area contributed by atoms with Crippen LogP contribution < -0.4 is 5.32 Å². The summed E-state index contributed by atoms with van der Waals surface area (Å²) in [4.78, 5) is 25.1. The molecule has 1 unspecified atom stereocenters.